The number of nitrogens with one attached hydrogen (secondary N) is 1. The smallest absolute Gasteiger partial charge is 0.245 e. The van der Waals surface area contributed by atoms with Crippen LogP contribution < -0.4 is 5.32 Å². The molecule has 1 aromatic rings. The summed E-state index contributed by atoms with van der Waals surface area (Å²) >= 11 is 0. The number of piperazine rings is 1. The van der Waals surface area contributed by atoms with Crippen molar-refractivity contribution in [2.24, 2.45) is 0 Å². The third-order valence-electron chi connectivity index (χ3n) is 5.24. The lowest BCUT2D eigenvalue weighted by molar-refractivity contribution is -0.140. The topological polar surface area (TPSA) is 69.7 Å². The predicted molar refractivity (Wildman–Crippen MR) is 98.6 cm³/mol. The molecule has 3 rings (SSSR count). The van der Waals surface area contributed by atoms with Crippen LogP contribution in [0, 0.1) is 0 Å². The van der Waals surface area contributed by atoms with E-state index in [2.05, 4.69) is 31.3 Å². The van der Waals surface area contributed by atoms with Crippen molar-refractivity contribution in [2.45, 2.75) is 45.1 Å². The first kappa shape index (κ1) is 18.4. The summed E-state index contributed by atoms with van der Waals surface area (Å²) in [5, 5.41) is 2.72. The summed E-state index contributed by atoms with van der Waals surface area (Å²) in [6.07, 6.45) is 1.39. The lowest BCUT2D eigenvalue weighted by Gasteiger charge is -2.36. The van der Waals surface area contributed by atoms with Crippen molar-refractivity contribution in [3.63, 3.8) is 0 Å². The summed E-state index contributed by atoms with van der Waals surface area (Å²) in [6, 6.07) is 7.83. The Bertz CT molecular complexity index is 676. The highest BCUT2D eigenvalue weighted by Crippen LogP contribution is 2.16. The third kappa shape index (κ3) is 4.23. The number of amides is 3. The van der Waals surface area contributed by atoms with Gasteiger partial charge >= 0.3 is 0 Å². The van der Waals surface area contributed by atoms with Crippen LogP contribution in [0.3, 0.4) is 0 Å². The van der Waals surface area contributed by atoms with Crippen molar-refractivity contribution in [1.29, 1.82) is 0 Å². The summed E-state index contributed by atoms with van der Waals surface area (Å²) in [7, 11) is 0. The van der Waals surface area contributed by atoms with Crippen molar-refractivity contribution in [1.82, 2.24) is 15.1 Å². The Morgan fingerprint density at radius 1 is 1.08 bits per heavy atom. The monoisotopic (exact) mass is 357 g/mol. The van der Waals surface area contributed by atoms with E-state index in [1.807, 2.05) is 17.0 Å². The molecule has 0 aliphatic carbocycles. The average Bonchev–Trinajstić information content (AvgIpc) is 3.08. The number of rotatable bonds is 4. The molecule has 2 aliphatic rings. The summed E-state index contributed by atoms with van der Waals surface area (Å²) < 4.78 is 0. The molecule has 26 heavy (non-hydrogen) atoms. The molecule has 6 heteroatoms. The quantitative estimate of drug-likeness (QED) is 0.883. The highest BCUT2D eigenvalue weighted by Gasteiger charge is 2.32. The Kier molecular flexibility index (Phi) is 5.59. The molecule has 2 heterocycles. The first-order valence-electron chi connectivity index (χ1n) is 9.39. The molecule has 1 unspecified atom stereocenters. The molecule has 1 atom stereocenters. The van der Waals surface area contributed by atoms with E-state index in [0.717, 1.165) is 5.56 Å². The van der Waals surface area contributed by atoms with Crippen LogP contribution in [0.2, 0.25) is 0 Å². The van der Waals surface area contributed by atoms with Gasteiger partial charge in [0.1, 0.15) is 6.04 Å². The number of hydrogen-bond acceptors (Lipinski definition) is 3. The number of carbonyl (C=O) groups excluding carboxylic acids is 3. The average molecular weight is 357 g/mol. The van der Waals surface area contributed by atoms with Gasteiger partial charge in [0.2, 0.25) is 17.7 Å². The molecule has 0 spiro atoms. The second-order valence-electron chi connectivity index (χ2n) is 7.44. The molecule has 0 aromatic heterocycles. The highest BCUT2D eigenvalue weighted by atomic mass is 16.2. The Labute approximate surface area is 154 Å². The standard InChI is InChI=1S/C20H27N3O3/c1-14(2)16-5-3-15(4-6-16)13-19(25)22-9-11-23(12-10-22)20(26)17-7-8-18(24)21-17/h3-6,14,17H,7-13H2,1-2H3,(H,21,24). The van der Waals surface area contributed by atoms with Crippen molar-refractivity contribution < 1.29 is 14.4 Å². The van der Waals surface area contributed by atoms with Crippen molar-refractivity contribution in [3.05, 3.63) is 35.4 Å². The SMILES string of the molecule is CC(C)c1ccc(CC(=O)N2CCN(C(=O)C3CCC(=O)N3)CC2)cc1. The second-order valence-corrected chi connectivity index (χ2v) is 7.44. The molecule has 0 radical (unpaired) electrons. The van der Waals surface area contributed by atoms with Gasteiger partial charge in [-0.05, 0) is 23.5 Å². The molecular formula is C20H27N3O3. The zero-order valence-corrected chi connectivity index (χ0v) is 15.5. The summed E-state index contributed by atoms with van der Waals surface area (Å²) in [5.41, 5.74) is 2.29. The van der Waals surface area contributed by atoms with Gasteiger partial charge in [0, 0.05) is 32.6 Å². The van der Waals surface area contributed by atoms with Gasteiger partial charge in [-0.2, -0.15) is 0 Å². The predicted octanol–water partition coefficient (Wildman–Crippen LogP) is 1.30. The Morgan fingerprint density at radius 3 is 2.23 bits per heavy atom. The van der Waals surface area contributed by atoms with E-state index in [1.54, 1.807) is 4.90 Å². The Morgan fingerprint density at radius 2 is 1.69 bits per heavy atom. The van der Waals surface area contributed by atoms with Gasteiger partial charge in [0.05, 0.1) is 6.42 Å². The summed E-state index contributed by atoms with van der Waals surface area (Å²) in [5.74, 6) is 0.506. The van der Waals surface area contributed by atoms with Crippen molar-refractivity contribution in [3.8, 4) is 0 Å². The van der Waals surface area contributed by atoms with Crippen LogP contribution in [0.4, 0.5) is 0 Å². The van der Waals surface area contributed by atoms with Gasteiger partial charge in [0.25, 0.3) is 0 Å². The zero-order chi connectivity index (χ0) is 18.7. The van der Waals surface area contributed by atoms with E-state index < -0.39 is 0 Å². The largest absolute Gasteiger partial charge is 0.344 e. The highest BCUT2D eigenvalue weighted by molar-refractivity contribution is 5.91. The first-order valence-corrected chi connectivity index (χ1v) is 9.39. The van der Waals surface area contributed by atoms with Crippen LogP contribution in [0.25, 0.3) is 0 Å². The van der Waals surface area contributed by atoms with Crippen LogP contribution in [-0.2, 0) is 20.8 Å². The minimum atomic E-state index is -0.385. The van der Waals surface area contributed by atoms with E-state index >= 15 is 0 Å². The zero-order valence-electron chi connectivity index (χ0n) is 15.5. The van der Waals surface area contributed by atoms with Crippen LogP contribution in [0.1, 0.15) is 43.7 Å². The lowest BCUT2D eigenvalue weighted by Crippen LogP contribution is -2.54. The van der Waals surface area contributed by atoms with E-state index in [-0.39, 0.29) is 23.8 Å². The molecule has 2 aliphatic heterocycles. The molecule has 2 saturated heterocycles. The van der Waals surface area contributed by atoms with Gasteiger partial charge in [-0.25, -0.2) is 0 Å². The molecule has 1 aromatic carbocycles. The van der Waals surface area contributed by atoms with Gasteiger partial charge in [-0.3, -0.25) is 14.4 Å². The molecule has 2 fully saturated rings. The van der Waals surface area contributed by atoms with Gasteiger partial charge in [-0.1, -0.05) is 38.1 Å². The minimum absolute atomic E-state index is 0.0211. The Balaban J connectivity index is 1.48. The van der Waals surface area contributed by atoms with Crippen molar-refractivity contribution >= 4 is 17.7 Å². The van der Waals surface area contributed by atoms with Crippen LogP contribution in [0.15, 0.2) is 24.3 Å². The molecule has 0 saturated carbocycles. The lowest BCUT2D eigenvalue weighted by atomic mass is 10.0. The first-order chi connectivity index (χ1) is 12.4. The van der Waals surface area contributed by atoms with Crippen LogP contribution in [-0.4, -0.2) is 59.7 Å². The second kappa shape index (κ2) is 7.89. The van der Waals surface area contributed by atoms with E-state index in [4.69, 9.17) is 0 Å². The van der Waals surface area contributed by atoms with Gasteiger partial charge in [-0.15, -0.1) is 0 Å². The van der Waals surface area contributed by atoms with Crippen molar-refractivity contribution in [2.75, 3.05) is 26.2 Å². The maximum Gasteiger partial charge on any atom is 0.245 e. The molecule has 1 N–H and O–H groups in total. The van der Waals surface area contributed by atoms with Crippen LogP contribution in [0.5, 0.6) is 0 Å². The molecule has 3 amide bonds. The third-order valence-corrected chi connectivity index (χ3v) is 5.24. The number of benzene rings is 1. The molecule has 0 bridgehead atoms. The summed E-state index contributed by atoms with van der Waals surface area (Å²) in [4.78, 5) is 39.8. The molecule has 6 nitrogen and oxygen atoms in total. The fraction of sp³-hybridized carbons (Fsp3) is 0.550. The van der Waals surface area contributed by atoms with Crippen LogP contribution >= 0.6 is 0 Å². The maximum absolute atomic E-state index is 12.5. The molecule has 140 valence electrons. The number of nitrogens with zero attached hydrogens (tertiary/aromatic N) is 2. The molecular weight excluding hydrogens is 330 g/mol. The van der Waals surface area contributed by atoms with E-state index in [9.17, 15) is 14.4 Å². The fourth-order valence-electron chi connectivity index (χ4n) is 3.50. The van der Waals surface area contributed by atoms with Gasteiger partial charge < -0.3 is 15.1 Å². The maximum atomic E-state index is 12.5. The van der Waals surface area contributed by atoms with E-state index in [0.29, 0.717) is 51.4 Å². The summed E-state index contributed by atoms with van der Waals surface area (Å²) in [6.45, 7) is 6.47. The Hall–Kier alpha value is -2.37. The number of carbonyl (C=O) groups is 3. The fourth-order valence-corrected chi connectivity index (χ4v) is 3.50. The normalized spacial score (nSPS) is 20.4. The van der Waals surface area contributed by atoms with E-state index in [1.165, 1.54) is 5.56 Å². The number of hydrogen-bond donors (Lipinski definition) is 1. The van der Waals surface area contributed by atoms with Gasteiger partial charge in [0.15, 0.2) is 0 Å². The minimum Gasteiger partial charge on any atom is -0.344 e.